The Hall–Kier alpha value is -1.92. The lowest BCUT2D eigenvalue weighted by atomic mass is 9.96. The van der Waals surface area contributed by atoms with Crippen molar-refractivity contribution in [3.8, 4) is 0 Å². The Labute approximate surface area is 144 Å². The van der Waals surface area contributed by atoms with Gasteiger partial charge in [-0.25, -0.2) is 4.98 Å². The van der Waals surface area contributed by atoms with E-state index in [0.717, 1.165) is 24.4 Å². The van der Waals surface area contributed by atoms with Crippen molar-refractivity contribution in [3.05, 3.63) is 53.6 Å². The van der Waals surface area contributed by atoms with Crippen LogP contribution in [0.25, 0.3) is 0 Å². The van der Waals surface area contributed by atoms with E-state index >= 15 is 0 Å². The molecule has 24 heavy (non-hydrogen) atoms. The van der Waals surface area contributed by atoms with Crippen molar-refractivity contribution in [3.63, 3.8) is 0 Å². The highest BCUT2D eigenvalue weighted by Crippen LogP contribution is 2.27. The molecular weight excluding hydrogens is 316 g/mol. The first-order valence-corrected chi connectivity index (χ1v) is 12.1. The second-order valence-electron chi connectivity index (χ2n) is 7.49. The van der Waals surface area contributed by atoms with Crippen LogP contribution >= 0.6 is 0 Å². The molecule has 0 amide bonds. The number of aromatic nitrogens is 2. The van der Waals surface area contributed by atoms with Crippen LogP contribution in [0.4, 0.5) is 0 Å². The molecule has 0 saturated heterocycles. The number of imidazole rings is 1. The first-order valence-electron chi connectivity index (χ1n) is 8.44. The van der Waals surface area contributed by atoms with Crippen molar-refractivity contribution in [2.75, 3.05) is 6.61 Å². The number of amidine groups is 1. The van der Waals surface area contributed by atoms with Crippen molar-refractivity contribution in [1.29, 1.82) is 0 Å². The molecule has 2 heterocycles. The minimum atomic E-state index is -1.06. The summed E-state index contributed by atoms with van der Waals surface area (Å²) in [7, 11) is -1.06. The van der Waals surface area contributed by atoms with Gasteiger partial charge in [0.15, 0.2) is 0 Å². The topological polar surface area (TPSA) is 65.4 Å². The molecule has 0 fully saturated rings. The van der Waals surface area contributed by atoms with E-state index < -0.39 is 8.07 Å². The van der Waals surface area contributed by atoms with Crippen LogP contribution in [0, 0.1) is 0 Å². The van der Waals surface area contributed by atoms with Crippen LogP contribution in [0.15, 0.2) is 41.7 Å². The van der Waals surface area contributed by atoms with E-state index in [1.54, 1.807) is 0 Å². The quantitative estimate of drug-likeness (QED) is 0.647. The zero-order valence-corrected chi connectivity index (χ0v) is 15.7. The Bertz CT molecular complexity index is 733. The normalized spacial score (nSPS) is 17.5. The predicted molar refractivity (Wildman–Crippen MR) is 99.9 cm³/mol. The third-order valence-electron chi connectivity index (χ3n) is 4.27. The molecule has 5 nitrogen and oxygen atoms in total. The molecule has 3 rings (SSSR count). The first-order chi connectivity index (χ1) is 11.4. The van der Waals surface area contributed by atoms with Crippen LogP contribution in [-0.4, -0.2) is 30.1 Å². The molecule has 0 spiro atoms. The van der Waals surface area contributed by atoms with Crippen molar-refractivity contribution >= 4 is 13.9 Å². The molecule has 1 aliphatic heterocycles. The smallest absolute Gasteiger partial charge is 0.135 e. The number of rotatable bonds is 6. The number of hydrogen-bond acceptors (Lipinski definition) is 4. The lowest BCUT2D eigenvalue weighted by Gasteiger charge is -2.22. The third kappa shape index (κ3) is 3.94. The maximum Gasteiger partial charge on any atom is 0.135 e. The average Bonchev–Trinajstić information content (AvgIpc) is 2.99. The van der Waals surface area contributed by atoms with Crippen LogP contribution in [0.5, 0.6) is 0 Å². The van der Waals surface area contributed by atoms with Crippen molar-refractivity contribution in [2.24, 2.45) is 10.7 Å². The van der Waals surface area contributed by atoms with Crippen molar-refractivity contribution in [1.82, 2.24) is 9.55 Å². The molecule has 0 saturated carbocycles. The molecule has 0 aliphatic carbocycles. The van der Waals surface area contributed by atoms with Crippen LogP contribution < -0.4 is 5.73 Å². The maximum absolute atomic E-state index is 6.15. The first kappa shape index (κ1) is 16.9. The Morgan fingerprint density at radius 3 is 2.88 bits per heavy atom. The summed E-state index contributed by atoms with van der Waals surface area (Å²) in [5.41, 5.74) is 8.41. The SMILES string of the molecule is C[Si](C)(C)CCOCn1ccnc1C1Cc2ccccc2C(N)=N1. The molecule has 0 bridgehead atoms. The van der Waals surface area contributed by atoms with Crippen LogP contribution in [0.2, 0.25) is 25.7 Å². The Balaban J connectivity index is 1.69. The van der Waals surface area contributed by atoms with Gasteiger partial charge in [-0.05, 0) is 11.6 Å². The van der Waals surface area contributed by atoms with Gasteiger partial charge in [0, 0.05) is 39.1 Å². The average molecular weight is 343 g/mol. The minimum absolute atomic E-state index is 0.0458. The summed E-state index contributed by atoms with van der Waals surface area (Å²) in [5, 5.41) is 0. The van der Waals surface area contributed by atoms with E-state index in [1.807, 2.05) is 35.2 Å². The summed E-state index contributed by atoms with van der Waals surface area (Å²) < 4.78 is 7.90. The second kappa shape index (κ2) is 6.90. The maximum atomic E-state index is 6.15. The molecule has 0 radical (unpaired) electrons. The monoisotopic (exact) mass is 342 g/mol. The highest BCUT2D eigenvalue weighted by atomic mass is 28.3. The summed E-state index contributed by atoms with van der Waals surface area (Å²) in [6.07, 6.45) is 4.59. The summed E-state index contributed by atoms with van der Waals surface area (Å²) in [5.74, 6) is 1.51. The molecule has 1 atom stereocenters. The highest BCUT2D eigenvalue weighted by Gasteiger charge is 2.24. The van der Waals surface area contributed by atoms with Gasteiger partial charge in [-0.15, -0.1) is 0 Å². The van der Waals surface area contributed by atoms with Gasteiger partial charge in [-0.2, -0.15) is 0 Å². The number of benzene rings is 1. The minimum Gasteiger partial charge on any atom is -0.383 e. The molecule has 2 N–H and O–H groups in total. The molecule has 128 valence electrons. The summed E-state index contributed by atoms with van der Waals surface area (Å²) in [6.45, 7) is 8.39. The second-order valence-corrected chi connectivity index (χ2v) is 13.1. The Morgan fingerprint density at radius 2 is 2.08 bits per heavy atom. The van der Waals surface area contributed by atoms with Crippen molar-refractivity contribution < 1.29 is 4.74 Å². The van der Waals surface area contributed by atoms with E-state index in [-0.39, 0.29) is 6.04 Å². The zero-order chi connectivity index (χ0) is 17.2. The number of fused-ring (bicyclic) bond motifs is 1. The zero-order valence-electron chi connectivity index (χ0n) is 14.7. The van der Waals surface area contributed by atoms with Gasteiger partial charge in [0.05, 0.1) is 0 Å². The Kier molecular flexibility index (Phi) is 4.87. The predicted octanol–water partition coefficient (Wildman–Crippen LogP) is 3.20. The number of aliphatic imine (C=N–C) groups is 1. The van der Waals surface area contributed by atoms with Gasteiger partial charge in [0.25, 0.3) is 0 Å². The standard InChI is InChI=1S/C18H26N4OSi/c1-24(2,3)11-10-23-13-22-9-8-20-18(22)16-12-14-6-4-5-7-15(14)17(19)21-16/h4-9,16H,10-13H2,1-3H3,(H2,19,21). The van der Waals surface area contributed by atoms with Crippen LogP contribution in [0.3, 0.4) is 0 Å². The lowest BCUT2D eigenvalue weighted by molar-refractivity contribution is 0.0843. The van der Waals surface area contributed by atoms with Crippen LogP contribution in [0.1, 0.15) is 23.0 Å². The van der Waals surface area contributed by atoms with Gasteiger partial charge in [0.2, 0.25) is 0 Å². The molecule has 2 aromatic rings. The van der Waals surface area contributed by atoms with E-state index in [1.165, 1.54) is 11.6 Å². The van der Waals surface area contributed by atoms with Gasteiger partial charge >= 0.3 is 0 Å². The van der Waals surface area contributed by atoms with Gasteiger partial charge in [-0.3, -0.25) is 4.99 Å². The molecule has 1 unspecified atom stereocenters. The molecule has 1 aliphatic rings. The fourth-order valence-corrected chi connectivity index (χ4v) is 3.61. The third-order valence-corrected chi connectivity index (χ3v) is 5.98. The summed E-state index contributed by atoms with van der Waals surface area (Å²) >= 11 is 0. The fourth-order valence-electron chi connectivity index (χ4n) is 2.86. The van der Waals surface area contributed by atoms with E-state index in [2.05, 4.69) is 35.7 Å². The van der Waals surface area contributed by atoms with E-state index in [0.29, 0.717) is 12.6 Å². The number of ether oxygens (including phenoxy) is 1. The summed E-state index contributed by atoms with van der Waals surface area (Å²) in [4.78, 5) is 9.16. The van der Waals surface area contributed by atoms with Gasteiger partial charge in [0.1, 0.15) is 24.4 Å². The van der Waals surface area contributed by atoms with Crippen LogP contribution in [-0.2, 0) is 17.9 Å². The largest absolute Gasteiger partial charge is 0.383 e. The Morgan fingerprint density at radius 1 is 1.29 bits per heavy atom. The van der Waals surface area contributed by atoms with Gasteiger partial charge < -0.3 is 15.0 Å². The summed E-state index contributed by atoms with van der Waals surface area (Å²) in [6, 6.07) is 9.29. The van der Waals surface area contributed by atoms with E-state index in [4.69, 9.17) is 10.5 Å². The molecule has 1 aromatic carbocycles. The lowest BCUT2D eigenvalue weighted by Crippen LogP contribution is -2.25. The number of nitrogens with zero attached hydrogens (tertiary/aromatic N) is 3. The molecular formula is C18H26N4OSi. The number of nitrogens with two attached hydrogens (primary N) is 1. The van der Waals surface area contributed by atoms with E-state index in [9.17, 15) is 0 Å². The van der Waals surface area contributed by atoms with Gasteiger partial charge in [-0.1, -0.05) is 43.9 Å². The molecule has 6 heteroatoms. The molecule has 1 aromatic heterocycles. The fraction of sp³-hybridized carbons (Fsp3) is 0.444. The number of hydrogen-bond donors (Lipinski definition) is 1. The van der Waals surface area contributed by atoms with Crippen molar-refractivity contribution in [2.45, 2.75) is 44.9 Å². The highest BCUT2D eigenvalue weighted by molar-refractivity contribution is 6.76.